The fourth-order valence-corrected chi connectivity index (χ4v) is 3.54. The van der Waals surface area contributed by atoms with Crippen LogP contribution in [0.25, 0.3) is 11.1 Å². The van der Waals surface area contributed by atoms with Gasteiger partial charge in [-0.1, -0.05) is 25.1 Å². The van der Waals surface area contributed by atoms with Gasteiger partial charge in [0.1, 0.15) is 6.33 Å². The zero-order valence-corrected chi connectivity index (χ0v) is 16.3. The van der Waals surface area contributed by atoms with E-state index < -0.39 is 0 Å². The third-order valence-electron chi connectivity index (χ3n) is 5.13. The molecular weight excluding hydrogens is 364 g/mol. The van der Waals surface area contributed by atoms with Gasteiger partial charge >= 0.3 is 0 Å². The van der Waals surface area contributed by atoms with Gasteiger partial charge in [-0.05, 0) is 53.4 Å². The Bertz CT molecular complexity index is 1030. The van der Waals surface area contributed by atoms with Gasteiger partial charge in [-0.25, -0.2) is 9.97 Å². The van der Waals surface area contributed by atoms with E-state index in [9.17, 15) is 9.59 Å². The third kappa shape index (κ3) is 4.01. The lowest BCUT2D eigenvalue weighted by Crippen LogP contribution is -2.27. The van der Waals surface area contributed by atoms with Gasteiger partial charge in [0.2, 0.25) is 5.91 Å². The number of carbonyl (C=O) groups excluding carboxylic acids is 2. The van der Waals surface area contributed by atoms with Gasteiger partial charge in [0, 0.05) is 30.4 Å². The standard InChI is InChI=1S/C23H22N4O2/c1-2-22(28)27-12-10-19-13-18(7-8-21(19)27)16-3-5-17(6-4-16)23(29)25-14-20-9-11-24-15-26-20/h3-9,11,13,15H,2,10,12,14H2,1H3,(H,25,29). The maximum Gasteiger partial charge on any atom is 0.251 e. The van der Waals surface area contributed by atoms with Crippen LogP contribution in [0.3, 0.4) is 0 Å². The lowest BCUT2D eigenvalue weighted by atomic mass is 10.0. The number of fused-ring (bicyclic) bond motifs is 1. The molecule has 1 aliphatic heterocycles. The minimum absolute atomic E-state index is 0.141. The highest BCUT2D eigenvalue weighted by Gasteiger charge is 2.23. The van der Waals surface area contributed by atoms with Crippen LogP contribution in [0.5, 0.6) is 0 Å². The summed E-state index contributed by atoms with van der Waals surface area (Å²) in [7, 11) is 0. The summed E-state index contributed by atoms with van der Waals surface area (Å²) in [5.74, 6) is 0.0201. The van der Waals surface area contributed by atoms with Crippen LogP contribution in [-0.2, 0) is 17.8 Å². The van der Waals surface area contributed by atoms with E-state index in [0.717, 1.165) is 35.5 Å². The quantitative estimate of drug-likeness (QED) is 0.729. The molecule has 0 aliphatic carbocycles. The lowest BCUT2D eigenvalue weighted by molar-refractivity contribution is -0.118. The average molecular weight is 386 g/mol. The van der Waals surface area contributed by atoms with E-state index in [2.05, 4.69) is 21.4 Å². The lowest BCUT2D eigenvalue weighted by Gasteiger charge is -2.16. The first-order chi connectivity index (χ1) is 14.2. The summed E-state index contributed by atoms with van der Waals surface area (Å²) in [6.07, 6.45) is 4.50. The van der Waals surface area contributed by atoms with Crippen LogP contribution >= 0.6 is 0 Å². The van der Waals surface area contributed by atoms with Crippen molar-refractivity contribution in [1.29, 1.82) is 0 Å². The van der Waals surface area contributed by atoms with Crippen molar-refractivity contribution in [1.82, 2.24) is 15.3 Å². The van der Waals surface area contributed by atoms with Crippen LogP contribution in [0.15, 0.2) is 61.1 Å². The Balaban J connectivity index is 1.45. The second kappa shape index (κ2) is 8.22. The molecular formula is C23H22N4O2. The molecule has 146 valence electrons. The van der Waals surface area contributed by atoms with Crippen LogP contribution in [0, 0.1) is 0 Å². The van der Waals surface area contributed by atoms with Crippen LogP contribution in [0.2, 0.25) is 0 Å². The second-order valence-corrected chi connectivity index (χ2v) is 6.95. The fraction of sp³-hybridized carbons (Fsp3) is 0.217. The number of hydrogen-bond donors (Lipinski definition) is 1. The van der Waals surface area contributed by atoms with Crippen LogP contribution in [-0.4, -0.2) is 28.3 Å². The van der Waals surface area contributed by atoms with Crippen LogP contribution in [0.1, 0.15) is 35.0 Å². The molecule has 6 heteroatoms. The molecule has 2 aromatic carbocycles. The second-order valence-electron chi connectivity index (χ2n) is 6.95. The number of rotatable bonds is 5. The molecule has 2 heterocycles. The Morgan fingerprint density at radius 1 is 1.07 bits per heavy atom. The average Bonchev–Trinajstić information content (AvgIpc) is 3.21. The Hall–Kier alpha value is -3.54. The molecule has 4 rings (SSSR count). The highest BCUT2D eigenvalue weighted by Crippen LogP contribution is 2.32. The summed E-state index contributed by atoms with van der Waals surface area (Å²) in [6.45, 7) is 3.00. The summed E-state index contributed by atoms with van der Waals surface area (Å²) in [5, 5.41) is 2.86. The molecule has 0 bridgehead atoms. The van der Waals surface area contributed by atoms with E-state index in [1.807, 2.05) is 48.2 Å². The molecule has 1 N–H and O–H groups in total. The van der Waals surface area contributed by atoms with Crippen molar-refractivity contribution in [3.8, 4) is 11.1 Å². The number of nitrogens with one attached hydrogen (secondary N) is 1. The maximum atomic E-state index is 12.4. The molecule has 2 amide bonds. The third-order valence-corrected chi connectivity index (χ3v) is 5.13. The zero-order chi connectivity index (χ0) is 20.2. The topological polar surface area (TPSA) is 75.2 Å². The number of hydrogen-bond acceptors (Lipinski definition) is 4. The Morgan fingerprint density at radius 2 is 1.86 bits per heavy atom. The van der Waals surface area contributed by atoms with Crippen molar-refractivity contribution in [2.75, 3.05) is 11.4 Å². The summed E-state index contributed by atoms with van der Waals surface area (Å²) in [5.41, 5.74) is 5.70. The summed E-state index contributed by atoms with van der Waals surface area (Å²) < 4.78 is 0. The van der Waals surface area contributed by atoms with Crippen molar-refractivity contribution < 1.29 is 9.59 Å². The number of nitrogens with zero attached hydrogens (tertiary/aromatic N) is 3. The number of benzene rings is 2. The van der Waals surface area contributed by atoms with Gasteiger partial charge < -0.3 is 10.2 Å². The van der Waals surface area contributed by atoms with E-state index in [1.165, 1.54) is 11.9 Å². The van der Waals surface area contributed by atoms with Gasteiger partial charge in [-0.2, -0.15) is 0 Å². The molecule has 0 saturated carbocycles. The zero-order valence-electron chi connectivity index (χ0n) is 16.3. The van der Waals surface area contributed by atoms with Gasteiger partial charge in [-0.15, -0.1) is 0 Å². The number of amides is 2. The fourth-order valence-electron chi connectivity index (χ4n) is 3.54. The van der Waals surface area contributed by atoms with Crippen LogP contribution in [0.4, 0.5) is 5.69 Å². The molecule has 0 radical (unpaired) electrons. The highest BCUT2D eigenvalue weighted by molar-refractivity contribution is 5.96. The highest BCUT2D eigenvalue weighted by atomic mass is 16.2. The molecule has 0 fully saturated rings. The number of anilines is 1. The summed E-state index contributed by atoms with van der Waals surface area (Å²) in [4.78, 5) is 34.2. The van der Waals surface area contributed by atoms with E-state index in [-0.39, 0.29) is 11.8 Å². The smallest absolute Gasteiger partial charge is 0.251 e. The van der Waals surface area contributed by atoms with Gasteiger partial charge in [0.15, 0.2) is 0 Å². The molecule has 0 atom stereocenters. The molecule has 0 unspecified atom stereocenters. The molecule has 1 aliphatic rings. The van der Waals surface area contributed by atoms with E-state index in [0.29, 0.717) is 18.5 Å². The monoisotopic (exact) mass is 386 g/mol. The molecule has 1 aromatic heterocycles. The van der Waals surface area contributed by atoms with Crippen molar-refractivity contribution in [2.45, 2.75) is 26.3 Å². The largest absolute Gasteiger partial charge is 0.346 e. The predicted octanol–water partition coefficient (Wildman–Crippen LogP) is 3.37. The van der Waals surface area contributed by atoms with E-state index >= 15 is 0 Å². The molecule has 6 nitrogen and oxygen atoms in total. The Kier molecular flexibility index (Phi) is 5.33. The minimum atomic E-state index is -0.141. The van der Waals surface area contributed by atoms with Gasteiger partial charge in [0.25, 0.3) is 5.91 Å². The van der Waals surface area contributed by atoms with Crippen molar-refractivity contribution in [3.05, 3.63) is 77.9 Å². The molecule has 0 saturated heterocycles. The molecule has 3 aromatic rings. The Labute approximate surface area is 169 Å². The summed E-state index contributed by atoms with van der Waals surface area (Å²) in [6, 6.07) is 15.5. The van der Waals surface area contributed by atoms with Crippen molar-refractivity contribution in [3.63, 3.8) is 0 Å². The van der Waals surface area contributed by atoms with Gasteiger partial charge in [0.05, 0.1) is 12.2 Å². The normalized spacial score (nSPS) is 12.5. The minimum Gasteiger partial charge on any atom is -0.346 e. The Morgan fingerprint density at radius 3 is 2.59 bits per heavy atom. The SMILES string of the molecule is CCC(=O)N1CCc2cc(-c3ccc(C(=O)NCc4ccncn4)cc3)ccc21. The number of carbonyl (C=O) groups is 2. The number of aromatic nitrogens is 2. The first kappa shape index (κ1) is 18.8. The van der Waals surface area contributed by atoms with Crippen molar-refractivity contribution >= 4 is 17.5 Å². The first-order valence-corrected chi connectivity index (χ1v) is 9.72. The molecule has 29 heavy (non-hydrogen) atoms. The predicted molar refractivity (Wildman–Crippen MR) is 111 cm³/mol. The summed E-state index contributed by atoms with van der Waals surface area (Å²) >= 11 is 0. The van der Waals surface area contributed by atoms with E-state index in [1.54, 1.807) is 12.3 Å². The van der Waals surface area contributed by atoms with E-state index in [4.69, 9.17) is 0 Å². The van der Waals surface area contributed by atoms with Crippen LogP contribution < -0.4 is 10.2 Å². The maximum absolute atomic E-state index is 12.4. The van der Waals surface area contributed by atoms with Gasteiger partial charge in [-0.3, -0.25) is 9.59 Å². The first-order valence-electron chi connectivity index (χ1n) is 9.72. The van der Waals surface area contributed by atoms with Crippen molar-refractivity contribution in [2.24, 2.45) is 0 Å². The molecule has 0 spiro atoms.